The van der Waals surface area contributed by atoms with Gasteiger partial charge in [0.05, 0.1) is 12.8 Å². The molecular formula is C11H12N3O3S+. The van der Waals surface area contributed by atoms with Gasteiger partial charge in [0.1, 0.15) is 6.33 Å². The van der Waals surface area contributed by atoms with Crippen LogP contribution in [0.15, 0.2) is 43.1 Å². The zero-order chi connectivity index (χ0) is 13.0. The Hall–Kier alpha value is -1.86. The van der Waals surface area contributed by atoms with Gasteiger partial charge in [-0.2, -0.15) is 13.0 Å². The Balaban J connectivity index is 2.21. The molecule has 2 heterocycles. The topological polar surface area (TPSA) is 73.0 Å². The molecule has 0 N–H and O–H groups in total. The van der Waals surface area contributed by atoms with Crippen LogP contribution in [0.4, 0.5) is 0 Å². The van der Waals surface area contributed by atoms with E-state index in [0.29, 0.717) is 0 Å². The van der Waals surface area contributed by atoms with Crippen molar-refractivity contribution >= 4 is 10.1 Å². The Morgan fingerprint density at radius 1 is 1.28 bits per heavy atom. The molecule has 0 atom stereocenters. The Bertz CT molecular complexity index is 612. The molecule has 0 aliphatic heterocycles. The van der Waals surface area contributed by atoms with Crippen molar-refractivity contribution < 1.29 is 17.2 Å². The van der Waals surface area contributed by atoms with Crippen LogP contribution in [-0.2, 0) is 20.2 Å². The minimum atomic E-state index is -3.51. The molecule has 0 radical (unpaired) electrons. The fourth-order valence-electron chi connectivity index (χ4n) is 1.41. The first-order valence-corrected chi connectivity index (χ1v) is 6.72. The molecule has 2 rings (SSSR count). The maximum absolute atomic E-state index is 11.3. The van der Waals surface area contributed by atoms with Gasteiger partial charge in [-0.15, -0.1) is 0 Å². The molecule has 2 aromatic heterocycles. The van der Waals surface area contributed by atoms with Crippen LogP contribution in [0.3, 0.4) is 0 Å². The molecule has 0 aliphatic rings. The number of hydrogen-bond acceptors (Lipinski definition) is 5. The van der Waals surface area contributed by atoms with E-state index in [-0.39, 0.29) is 5.88 Å². The zero-order valence-corrected chi connectivity index (χ0v) is 10.5. The lowest BCUT2D eigenvalue weighted by molar-refractivity contribution is -0.678. The highest BCUT2D eigenvalue weighted by atomic mass is 32.2. The van der Waals surface area contributed by atoms with Crippen LogP contribution in [-0.4, -0.2) is 25.5 Å². The molecule has 94 valence electrons. The average Bonchev–Trinajstić information content (AvgIpc) is 2.40. The van der Waals surface area contributed by atoms with Crippen molar-refractivity contribution in [1.29, 1.82) is 0 Å². The predicted molar refractivity (Wildman–Crippen MR) is 63.6 cm³/mol. The van der Waals surface area contributed by atoms with Gasteiger partial charge in [0.2, 0.25) is 0 Å². The number of rotatable bonds is 4. The third-order valence-electron chi connectivity index (χ3n) is 2.33. The van der Waals surface area contributed by atoms with Crippen LogP contribution in [0.25, 0.3) is 11.3 Å². The van der Waals surface area contributed by atoms with Gasteiger partial charge in [-0.3, -0.25) is 4.18 Å². The van der Waals surface area contributed by atoms with E-state index in [9.17, 15) is 8.42 Å². The predicted octanol–water partition coefficient (Wildman–Crippen LogP) is 0.365. The van der Waals surface area contributed by atoms with Gasteiger partial charge in [-0.05, 0) is 6.07 Å². The molecule has 7 heteroatoms. The fourth-order valence-corrected chi connectivity index (χ4v) is 2.05. The molecule has 0 spiro atoms. The van der Waals surface area contributed by atoms with Gasteiger partial charge < -0.3 is 0 Å². The van der Waals surface area contributed by atoms with E-state index in [1.165, 1.54) is 10.9 Å². The Morgan fingerprint density at radius 3 is 2.56 bits per heavy atom. The van der Waals surface area contributed by atoms with E-state index >= 15 is 0 Å². The van der Waals surface area contributed by atoms with E-state index in [0.717, 1.165) is 18.4 Å². The fraction of sp³-hybridized carbons (Fsp3) is 0.182. The molecule has 0 saturated carbocycles. The molecule has 0 aromatic carbocycles. The van der Waals surface area contributed by atoms with E-state index in [4.69, 9.17) is 0 Å². The average molecular weight is 266 g/mol. The lowest BCUT2D eigenvalue weighted by Crippen LogP contribution is -2.37. The Morgan fingerprint density at radius 2 is 2.00 bits per heavy atom. The number of nitrogens with zero attached hydrogens (tertiary/aromatic N) is 3. The smallest absolute Gasteiger partial charge is 0.269 e. The molecule has 0 saturated heterocycles. The van der Waals surface area contributed by atoms with Gasteiger partial charge in [0, 0.05) is 23.9 Å². The number of aromatic nitrogens is 3. The molecule has 18 heavy (non-hydrogen) atoms. The van der Waals surface area contributed by atoms with E-state index < -0.39 is 10.1 Å². The Kier molecular flexibility index (Phi) is 3.63. The molecule has 0 unspecified atom stereocenters. The van der Waals surface area contributed by atoms with Gasteiger partial charge in [-0.1, -0.05) is 0 Å². The quantitative estimate of drug-likeness (QED) is 0.590. The minimum Gasteiger partial charge on any atom is -0.269 e. The monoisotopic (exact) mass is 266 g/mol. The van der Waals surface area contributed by atoms with Crippen molar-refractivity contribution in [3.63, 3.8) is 0 Å². The maximum atomic E-state index is 11.3. The summed E-state index contributed by atoms with van der Waals surface area (Å²) in [4.78, 5) is 7.94. The first-order valence-electron chi connectivity index (χ1n) is 5.14. The second-order valence-electron chi connectivity index (χ2n) is 3.55. The minimum absolute atomic E-state index is 0.215. The van der Waals surface area contributed by atoms with Crippen molar-refractivity contribution in [1.82, 2.24) is 9.97 Å². The van der Waals surface area contributed by atoms with Crippen LogP contribution >= 0.6 is 0 Å². The third kappa shape index (κ3) is 3.08. The number of pyridine rings is 1. The summed E-state index contributed by atoms with van der Waals surface area (Å²) in [5.74, 6) is -0.215. The van der Waals surface area contributed by atoms with E-state index in [1.807, 2.05) is 0 Å². The van der Waals surface area contributed by atoms with E-state index in [1.54, 1.807) is 36.8 Å². The normalized spacial score (nSPS) is 11.4. The van der Waals surface area contributed by atoms with Crippen LogP contribution in [0, 0.1) is 0 Å². The van der Waals surface area contributed by atoms with Crippen LogP contribution in [0.5, 0.6) is 0 Å². The second-order valence-corrected chi connectivity index (χ2v) is 5.26. The lowest BCUT2D eigenvalue weighted by Gasteiger charge is -2.00. The first kappa shape index (κ1) is 12.6. The molecule has 0 fully saturated rings. The summed E-state index contributed by atoms with van der Waals surface area (Å²) >= 11 is 0. The highest BCUT2D eigenvalue weighted by Crippen LogP contribution is 2.12. The summed E-state index contributed by atoms with van der Waals surface area (Å²) in [5.41, 5.74) is 1.68. The van der Waals surface area contributed by atoms with Crippen LogP contribution in [0.2, 0.25) is 0 Å². The molecule has 2 aromatic rings. The number of hydrogen-bond donors (Lipinski definition) is 0. The largest absolute Gasteiger partial charge is 0.329 e. The highest BCUT2D eigenvalue weighted by molar-refractivity contribution is 7.85. The molecule has 0 amide bonds. The van der Waals surface area contributed by atoms with E-state index in [2.05, 4.69) is 14.2 Å². The summed E-state index contributed by atoms with van der Waals surface area (Å²) in [7, 11) is -2.37. The zero-order valence-electron chi connectivity index (χ0n) is 9.72. The summed E-state index contributed by atoms with van der Waals surface area (Å²) in [6.07, 6.45) is 6.44. The van der Waals surface area contributed by atoms with Crippen molar-refractivity contribution in [3.8, 4) is 11.3 Å². The molecule has 6 nitrogen and oxygen atoms in total. The van der Waals surface area contributed by atoms with Crippen molar-refractivity contribution in [2.45, 2.75) is 5.88 Å². The first-order chi connectivity index (χ1) is 8.61. The summed E-state index contributed by atoms with van der Waals surface area (Å²) in [6, 6.07) is 5.35. The summed E-state index contributed by atoms with van der Waals surface area (Å²) in [6.45, 7) is 0. The van der Waals surface area contributed by atoms with Crippen molar-refractivity contribution in [2.24, 2.45) is 0 Å². The third-order valence-corrected chi connectivity index (χ3v) is 3.45. The van der Waals surface area contributed by atoms with Crippen molar-refractivity contribution in [3.05, 3.63) is 43.1 Å². The van der Waals surface area contributed by atoms with Gasteiger partial charge in [-0.25, -0.2) is 9.97 Å². The summed E-state index contributed by atoms with van der Waals surface area (Å²) < 4.78 is 28.4. The lowest BCUT2D eigenvalue weighted by atomic mass is 10.2. The van der Waals surface area contributed by atoms with Crippen LogP contribution < -0.4 is 4.57 Å². The maximum Gasteiger partial charge on any atom is 0.329 e. The summed E-state index contributed by atoms with van der Waals surface area (Å²) in [5, 5.41) is 0. The molecular weight excluding hydrogens is 254 g/mol. The van der Waals surface area contributed by atoms with Crippen molar-refractivity contribution in [2.75, 3.05) is 7.11 Å². The standard InChI is InChI=1S/C11H12N3O3S/c1-17-18(15,16)9-14-6-3-10(4-7-14)11-2-5-12-8-13-11/h2-8H,9H2,1H3/q+1. The van der Waals surface area contributed by atoms with Crippen LogP contribution in [0.1, 0.15) is 0 Å². The molecule has 0 bridgehead atoms. The highest BCUT2D eigenvalue weighted by Gasteiger charge is 2.15. The second kappa shape index (κ2) is 5.19. The van der Waals surface area contributed by atoms with Gasteiger partial charge in [0.25, 0.3) is 5.88 Å². The van der Waals surface area contributed by atoms with Gasteiger partial charge in [0.15, 0.2) is 12.4 Å². The Labute approximate surface area is 105 Å². The molecule has 0 aliphatic carbocycles. The SMILES string of the molecule is COS(=O)(=O)C[n+]1ccc(-c2ccncn2)cc1. The van der Waals surface area contributed by atoms with Gasteiger partial charge >= 0.3 is 10.1 Å².